The van der Waals surface area contributed by atoms with Gasteiger partial charge in [0.2, 0.25) is 6.79 Å². The minimum absolute atomic E-state index is 0.00328. The Labute approximate surface area is 185 Å². The van der Waals surface area contributed by atoms with E-state index in [2.05, 4.69) is 16.1 Å². The van der Waals surface area contributed by atoms with Crippen LogP contribution in [0.15, 0.2) is 18.2 Å². The maximum Gasteiger partial charge on any atom is 0.334 e. The van der Waals surface area contributed by atoms with Crippen LogP contribution in [0.3, 0.4) is 0 Å². The van der Waals surface area contributed by atoms with Gasteiger partial charge in [0.25, 0.3) is 0 Å². The van der Waals surface area contributed by atoms with Crippen molar-refractivity contribution in [3.8, 4) is 11.5 Å². The molecular weight excluding hydrogens is 434 g/mol. The van der Waals surface area contributed by atoms with E-state index in [0.717, 1.165) is 55.3 Å². The van der Waals surface area contributed by atoms with Gasteiger partial charge in [-0.25, -0.2) is 9.52 Å². The van der Waals surface area contributed by atoms with Gasteiger partial charge in [-0.3, -0.25) is 9.52 Å². The number of rotatable bonds is 5. The van der Waals surface area contributed by atoms with Crippen molar-refractivity contribution in [2.75, 3.05) is 16.8 Å². The van der Waals surface area contributed by atoms with Crippen LogP contribution in [0, 0.1) is 0 Å². The Morgan fingerprint density at radius 3 is 2.16 bits per heavy atom. The summed E-state index contributed by atoms with van der Waals surface area (Å²) in [6, 6.07) is 4.17. The van der Waals surface area contributed by atoms with E-state index in [-0.39, 0.29) is 23.8 Å². The highest BCUT2D eigenvalue weighted by molar-refractivity contribution is 7.91. The molecule has 1 heterocycles. The molecule has 0 unspecified atom stereocenters. The van der Waals surface area contributed by atoms with E-state index in [1.165, 1.54) is 30.2 Å². The number of carbonyl (C=O) groups excluding carboxylic acids is 2. The number of anilines is 2. The van der Waals surface area contributed by atoms with Crippen molar-refractivity contribution in [3.05, 3.63) is 46.0 Å². The highest BCUT2D eigenvalue weighted by Gasteiger charge is 2.27. The van der Waals surface area contributed by atoms with E-state index >= 15 is 0 Å². The predicted octanol–water partition coefficient (Wildman–Crippen LogP) is 3.07. The number of carbonyl (C=O) groups is 2. The number of Topliss-reactive ketones (excluding diaryl/α,β-unsaturated/α-hetero) is 1. The molecule has 3 N–H and O–H groups in total. The second kappa shape index (κ2) is 7.70. The lowest BCUT2D eigenvalue weighted by atomic mass is 9.99. The van der Waals surface area contributed by atoms with Gasteiger partial charge in [0, 0.05) is 17.3 Å². The molecule has 5 rings (SSSR count). The fraction of sp³-hybridized carbons (Fsp3) is 0.364. The van der Waals surface area contributed by atoms with E-state index in [1.54, 1.807) is 0 Å². The maximum atomic E-state index is 12.7. The van der Waals surface area contributed by atoms with Crippen molar-refractivity contribution in [1.82, 2.24) is 4.72 Å². The average molecular weight is 458 g/mol. The normalized spacial score (nSPS) is 15.8. The molecule has 2 aliphatic carbocycles. The minimum Gasteiger partial charge on any atom is -0.454 e. The molecule has 2 aromatic carbocycles. The highest BCUT2D eigenvalue weighted by atomic mass is 32.2. The quantitative estimate of drug-likeness (QED) is 0.593. The minimum atomic E-state index is -4.32. The van der Waals surface area contributed by atoms with E-state index in [0.29, 0.717) is 11.5 Å². The number of nitrogens with one attached hydrogen (secondary N) is 3. The summed E-state index contributed by atoms with van der Waals surface area (Å²) in [6.07, 6.45) is 5.71. The second-order valence-electron chi connectivity index (χ2n) is 8.20. The van der Waals surface area contributed by atoms with Crippen LogP contribution in [0.5, 0.6) is 11.5 Å². The Balaban J connectivity index is 1.37. The summed E-state index contributed by atoms with van der Waals surface area (Å²) in [5.41, 5.74) is 5.51. The standard InChI is InChI=1S/C22H23N3O6S/c1-12(26)17-9-19-20(31-11-30-19)10-18(17)24-32(28,29)25-22(27)23-21-15-6-2-4-13(15)8-14-5-3-7-16(14)21/h8-10,24H,2-7,11H2,1H3,(H2,23,25,27). The van der Waals surface area contributed by atoms with Gasteiger partial charge in [-0.05, 0) is 73.8 Å². The first-order valence-electron chi connectivity index (χ1n) is 10.5. The van der Waals surface area contributed by atoms with Crippen LogP contribution in [-0.2, 0) is 35.9 Å². The molecule has 168 valence electrons. The van der Waals surface area contributed by atoms with Crippen molar-refractivity contribution < 1.29 is 27.5 Å². The molecule has 9 nitrogen and oxygen atoms in total. The number of fused-ring (bicyclic) bond motifs is 3. The number of ether oxygens (including phenoxy) is 2. The lowest BCUT2D eigenvalue weighted by molar-refractivity contribution is 0.101. The summed E-state index contributed by atoms with van der Waals surface area (Å²) < 4.78 is 40.1. The van der Waals surface area contributed by atoms with Gasteiger partial charge in [-0.1, -0.05) is 6.07 Å². The SMILES string of the molecule is CC(=O)c1cc2c(cc1NS(=O)(=O)NC(=O)Nc1c3c(cc4c1CCC4)CCC3)OCO2. The van der Waals surface area contributed by atoms with Crippen LogP contribution < -0.4 is 24.2 Å². The molecule has 10 heteroatoms. The lowest BCUT2D eigenvalue weighted by Gasteiger charge is -2.17. The molecule has 0 aromatic heterocycles. The number of benzene rings is 2. The summed E-state index contributed by atoms with van der Waals surface area (Å²) in [6.45, 7) is 1.29. The van der Waals surface area contributed by atoms with Gasteiger partial charge in [0.15, 0.2) is 17.3 Å². The van der Waals surface area contributed by atoms with Crippen LogP contribution in [-0.4, -0.2) is 27.0 Å². The Hall–Kier alpha value is -3.27. The zero-order chi connectivity index (χ0) is 22.5. The number of ketones is 1. The number of hydrogen-bond donors (Lipinski definition) is 3. The summed E-state index contributed by atoms with van der Waals surface area (Å²) >= 11 is 0. The van der Waals surface area contributed by atoms with Gasteiger partial charge in [-0.15, -0.1) is 0 Å². The van der Waals surface area contributed by atoms with Crippen LogP contribution in [0.2, 0.25) is 0 Å². The Morgan fingerprint density at radius 1 is 0.906 bits per heavy atom. The van der Waals surface area contributed by atoms with E-state index < -0.39 is 16.2 Å². The monoisotopic (exact) mass is 457 g/mol. The van der Waals surface area contributed by atoms with Crippen molar-refractivity contribution in [2.24, 2.45) is 0 Å². The molecule has 1 aliphatic heterocycles. The molecule has 0 saturated carbocycles. The summed E-state index contributed by atoms with van der Waals surface area (Å²) in [7, 11) is -4.32. The van der Waals surface area contributed by atoms with Crippen molar-refractivity contribution in [1.29, 1.82) is 0 Å². The van der Waals surface area contributed by atoms with Gasteiger partial charge < -0.3 is 14.8 Å². The molecule has 0 atom stereocenters. The van der Waals surface area contributed by atoms with Gasteiger partial charge in [-0.2, -0.15) is 8.42 Å². The molecule has 0 spiro atoms. The average Bonchev–Trinajstić information content (AvgIpc) is 3.46. The number of aryl methyl sites for hydroxylation is 2. The van der Waals surface area contributed by atoms with Crippen LogP contribution in [0.1, 0.15) is 52.4 Å². The fourth-order valence-corrected chi connectivity index (χ4v) is 5.52. The van der Waals surface area contributed by atoms with E-state index in [9.17, 15) is 18.0 Å². The molecule has 3 aliphatic rings. The second-order valence-corrected chi connectivity index (χ2v) is 9.62. The van der Waals surface area contributed by atoms with Gasteiger partial charge >= 0.3 is 16.2 Å². The molecule has 0 bridgehead atoms. The van der Waals surface area contributed by atoms with E-state index in [4.69, 9.17) is 9.47 Å². The number of hydrogen-bond acceptors (Lipinski definition) is 6. The van der Waals surface area contributed by atoms with Crippen molar-refractivity contribution >= 4 is 33.4 Å². The molecule has 32 heavy (non-hydrogen) atoms. The third-order valence-electron chi connectivity index (χ3n) is 6.07. The van der Waals surface area contributed by atoms with Crippen molar-refractivity contribution in [3.63, 3.8) is 0 Å². The third-order valence-corrected chi connectivity index (χ3v) is 7.02. The summed E-state index contributed by atoms with van der Waals surface area (Å²) in [5.74, 6) is 0.309. The van der Waals surface area contributed by atoms with Crippen LogP contribution >= 0.6 is 0 Å². The number of urea groups is 1. The topological polar surface area (TPSA) is 123 Å². The first-order valence-corrected chi connectivity index (χ1v) is 12.0. The maximum absolute atomic E-state index is 12.7. The summed E-state index contributed by atoms with van der Waals surface area (Å²) in [4.78, 5) is 24.7. The Bertz CT molecular complexity index is 1220. The highest BCUT2D eigenvalue weighted by Crippen LogP contribution is 2.39. The lowest BCUT2D eigenvalue weighted by Crippen LogP contribution is -2.38. The molecular formula is C22H23N3O6S. The van der Waals surface area contributed by atoms with Crippen LogP contribution in [0.25, 0.3) is 0 Å². The molecule has 2 amide bonds. The van der Waals surface area contributed by atoms with Gasteiger partial charge in [0.05, 0.1) is 5.69 Å². The predicted molar refractivity (Wildman–Crippen MR) is 118 cm³/mol. The molecule has 0 radical (unpaired) electrons. The molecule has 0 saturated heterocycles. The first-order chi connectivity index (χ1) is 15.3. The van der Waals surface area contributed by atoms with Crippen molar-refractivity contribution in [2.45, 2.75) is 45.4 Å². The third kappa shape index (κ3) is 3.75. The smallest absolute Gasteiger partial charge is 0.334 e. The molecule has 0 fully saturated rings. The summed E-state index contributed by atoms with van der Waals surface area (Å²) in [5, 5.41) is 2.78. The van der Waals surface area contributed by atoms with Crippen LogP contribution in [0.4, 0.5) is 16.2 Å². The molecule has 2 aromatic rings. The van der Waals surface area contributed by atoms with E-state index in [1.807, 2.05) is 4.72 Å². The zero-order valence-corrected chi connectivity index (χ0v) is 18.4. The number of amides is 2. The first kappa shape index (κ1) is 20.6. The Morgan fingerprint density at radius 2 is 1.53 bits per heavy atom. The largest absolute Gasteiger partial charge is 0.454 e. The fourth-order valence-electron chi connectivity index (χ4n) is 4.72. The Kier molecular flexibility index (Phi) is 4.96. The van der Waals surface area contributed by atoms with Gasteiger partial charge in [0.1, 0.15) is 0 Å². The zero-order valence-electron chi connectivity index (χ0n) is 17.5.